The van der Waals surface area contributed by atoms with E-state index in [4.69, 9.17) is 0 Å². The van der Waals surface area contributed by atoms with Crippen molar-refractivity contribution in [3.05, 3.63) is 47.8 Å². The van der Waals surface area contributed by atoms with Gasteiger partial charge in [-0.2, -0.15) is 0 Å². The van der Waals surface area contributed by atoms with Crippen molar-refractivity contribution in [2.75, 3.05) is 14.1 Å². The SMILES string of the molecule is CN(C)C(=O)N1C=Cc2ccccc2C=C1. The first-order valence-electron chi connectivity index (χ1n) is 5.13. The highest BCUT2D eigenvalue weighted by atomic mass is 16.2. The molecule has 16 heavy (non-hydrogen) atoms. The summed E-state index contributed by atoms with van der Waals surface area (Å²) in [6.07, 6.45) is 7.45. The minimum Gasteiger partial charge on any atom is -0.330 e. The van der Waals surface area contributed by atoms with Crippen LogP contribution in [0.1, 0.15) is 11.1 Å². The monoisotopic (exact) mass is 214 g/mol. The molecule has 1 aliphatic heterocycles. The second-order valence-corrected chi connectivity index (χ2v) is 3.84. The summed E-state index contributed by atoms with van der Waals surface area (Å²) in [5, 5.41) is 0. The molecule has 0 spiro atoms. The number of carbonyl (C=O) groups is 1. The zero-order chi connectivity index (χ0) is 11.5. The molecule has 1 aliphatic rings. The minimum atomic E-state index is -0.0553. The van der Waals surface area contributed by atoms with Crippen molar-refractivity contribution in [1.82, 2.24) is 9.80 Å². The Hall–Kier alpha value is -2.03. The van der Waals surface area contributed by atoms with Gasteiger partial charge in [-0.05, 0) is 23.3 Å². The number of urea groups is 1. The fourth-order valence-corrected chi connectivity index (χ4v) is 1.54. The van der Waals surface area contributed by atoms with Crippen molar-refractivity contribution in [3.8, 4) is 0 Å². The number of rotatable bonds is 0. The fraction of sp³-hybridized carbons (Fsp3) is 0.154. The molecular weight excluding hydrogens is 200 g/mol. The van der Waals surface area contributed by atoms with Gasteiger partial charge in [0, 0.05) is 26.5 Å². The van der Waals surface area contributed by atoms with Gasteiger partial charge in [-0.25, -0.2) is 4.79 Å². The summed E-state index contributed by atoms with van der Waals surface area (Å²) in [5.41, 5.74) is 2.24. The normalized spacial score (nSPS) is 13.2. The van der Waals surface area contributed by atoms with E-state index < -0.39 is 0 Å². The van der Waals surface area contributed by atoms with Gasteiger partial charge in [-0.1, -0.05) is 24.3 Å². The van der Waals surface area contributed by atoms with Gasteiger partial charge in [-0.3, -0.25) is 4.90 Å². The zero-order valence-corrected chi connectivity index (χ0v) is 9.42. The average molecular weight is 214 g/mol. The molecule has 0 unspecified atom stereocenters. The molecule has 0 saturated heterocycles. The number of benzene rings is 1. The lowest BCUT2D eigenvalue weighted by molar-refractivity contribution is 0.201. The maximum atomic E-state index is 11.8. The predicted octanol–water partition coefficient (Wildman–Crippen LogP) is 2.63. The van der Waals surface area contributed by atoms with Gasteiger partial charge >= 0.3 is 6.03 Å². The van der Waals surface area contributed by atoms with Crippen molar-refractivity contribution in [3.63, 3.8) is 0 Å². The number of carbonyl (C=O) groups excluding carboxylic acids is 1. The molecule has 3 nitrogen and oxygen atoms in total. The summed E-state index contributed by atoms with van der Waals surface area (Å²) >= 11 is 0. The standard InChI is InChI=1S/C13H14N2O/c1-14(2)13(16)15-9-7-11-5-3-4-6-12(11)8-10-15/h3-10H,1-2H3. The third-order valence-electron chi connectivity index (χ3n) is 2.43. The Morgan fingerprint density at radius 3 is 2.00 bits per heavy atom. The van der Waals surface area contributed by atoms with E-state index in [1.54, 1.807) is 36.3 Å². The lowest BCUT2D eigenvalue weighted by atomic mass is 10.1. The van der Waals surface area contributed by atoms with Crippen LogP contribution in [0.4, 0.5) is 4.79 Å². The topological polar surface area (TPSA) is 23.6 Å². The molecule has 0 saturated carbocycles. The van der Waals surface area contributed by atoms with E-state index in [0.717, 1.165) is 11.1 Å². The van der Waals surface area contributed by atoms with E-state index in [1.165, 1.54) is 0 Å². The van der Waals surface area contributed by atoms with Gasteiger partial charge in [0.1, 0.15) is 0 Å². The van der Waals surface area contributed by atoms with Gasteiger partial charge in [0.05, 0.1) is 0 Å². The van der Waals surface area contributed by atoms with Crippen molar-refractivity contribution in [2.45, 2.75) is 0 Å². The number of nitrogens with zero attached hydrogens (tertiary/aromatic N) is 2. The average Bonchev–Trinajstić information content (AvgIpc) is 2.50. The first kappa shape index (κ1) is 10.5. The largest absolute Gasteiger partial charge is 0.330 e. The van der Waals surface area contributed by atoms with Crippen LogP contribution in [0.2, 0.25) is 0 Å². The highest BCUT2D eigenvalue weighted by molar-refractivity contribution is 5.80. The Labute approximate surface area is 95.3 Å². The van der Waals surface area contributed by atoms with E-state index in [-0.39, 0.29) is 6.03 Å². The van der Waals surface area contributed by atoms with Crippen molar-refractivity contribution in [2.24, 2.45) is 0 Å². The van der Waals surface area contributed by atoms with Crippen molar-refractivity contribution >= 4 is 18.2 Å². The zero-order valence-electron chi connectivity index (χ0n) is 9.42. The quantitative estimate of drug-likeness (QED) is 0.651. The Kier molecular flexibility index (Phi) is 2.77. The molecule has 1 aromatic rings. The number of fused-ring (bicyclic) bond motifs is 1. The van der Waals surface area contributed by atoms with E-state index in [9.17, 15) is 4.79 Å². The van der Waals surface area contributed by atoms with Crippen LogP contribution < -0.4 is 0 Å². The van der Waals surface area contributed by atoms with Crippen LogP contribution in [-0.2, 0) is 0 Å². The maximum Gasteiger partial charge on any atom is 0.327 e. The third-order valence-corrected chi connectivity index (χ3v) is 2.43. The summed E-state index contributed by atoms with van der Waals surface area (Å²) in [6.45, 7) is 0. The lowest BCUT2D eigenvalue weighted by Gasteiger charge is -2.18. The van der Waals surface area contributed by atoms with Crippen LogP contribution in [-0.4, -0.2) is 29.9 Å². The fourth-order valence-electron chi connectivity index (χ4n) is 1.54. The molecule has 1 heterocycles. The molecule has 1 aromatic carbocycles. The molecule has 0 aromatic heterocycles. The summed E-state index contributed by atoms with van der Waals surface area (Å²) in [4.78, 5) is 14.9. The first-order valence-corrected chi connectivity index (χ1v) is 5.13. The van der Waals surface area contributed by atoms with Crippen molar-refractivity contribution in [1.29, 1.82) is 0 Å². The van der Waals surface area contributed by atoms with E-state index in [1.807, 2.05) is 36.4 Å². The molecule has 2 amide bonds. The molecule has 3 heteroatoms. The Morgan fingerprint density at radius 2 is 1.56 bits per heavy atom. The Bertz CT molecular complexity index is 428. The minimum absolute atomic E-state index is 0.0553. The van der Waals surface area contributed by atoms with E-state index >= 15 is 0 Å². The summed E-state index contributed by atoms with van der Waals surface area (Å²) in [5.74, 6) is 0. The number of amides is 2. The molecule has 0 fully saturated rings. The molecule has 82 valence electrons. The van der Waals surface area contributed by atoms with Crippen LogP contribution in [0, 0.1) is 0 Å². The van der Waals surface area contributed by atoms with Crippen LogP contribution in [0.15, 0.2) is 36.7 Å². The molecule has 0 radical (unpaired) electrons. The van der Waals surface area contributed by atoms with Gasteiger partial charge in [0.25, 0.3) is 0 Å². The van der Waals surface area contributed by atoms with Gasteiger partial charge in [0.2, 0.25) is 0 Å². The van der Waals surface area contributed by atoms with Crippen molar-refractivity contribution < 1.29 is 4.79 Å². The maximum absolute atomic E-state index is 11.8. The lowest BCUT2D eigenvalue weighted by Crippen LogP contribution is -2.31. The van der Waals surface area contributed by atoms with Crippen LogP contribution >= 0.6 is 0 Å². The van der Waals surface area contributed by atoms with Gasteiger partial charge in [0.15, 0.2) is 0 Å². The summed E-state index contributed by atoms with van der Waals surface area (Å²) in [6, 6.07) is 7.97. The second-order valence-electron chi connectivity index (χ2n) is 3.84. The molecule has 2 rings (SSSR count). The van der Waals surface area contributed by atoms with Crippen LogP contribution in [0.25, 0.3) is 12.2 Å². The second kappa shape index (κ2) is 4.23. The molecule has 0 atom stereocenters. The highest BCUT2D eigenvalue weighted by Gasteiger charge is 2.11. The Balaban J connectivity index is 2.31. The molecular formula is C13H14N2O. The highest BCUT2D eigenvalue weighted by Crippen LogP contribution is 2.17. The van der Waals surface area contributed by atoms with Crippen LogP contribution in [0.3, 0.4) is 0 Å². The third kappa shape index (κ3) is 1.98. The smallest absolute Gasteiger partial charge is 0.327 e. The van der Waals surface area contributed by atoms with Crippen LogP contribution in [0.5, 0.6) is 0 Å². The van der Waals surface area contributed by atoms with Gasteiger partial charge < -0.3 is 4.90 Å². The van der Waals surface area contributed by atoms with E-state index in [2.05, 4.69) is 0 Å². The van der Waals surface area contributed by atoms with E-state index in [0.29, 0.717) is 0 Å². The summed E-state index contributed by atoms with van der Waals surface area (Å²) < 4.78 is 0. The van der Waals surface area contributed by atoms with Gasteiger partial charge in [-0.15, -0.1) is 0 Å². The first-order chi connectivity index (χ1) is 7.68. The number of hydrogen-bond donors (Lipinski definition) is 0. The molecule has 0 N–H and O–H groups in total. The summed E-state index contributed by atoms with van der Waals surface area (Å²) in [7, 11) is 3.48. The molecule has 0 bridgehead atoms. The number of hydrogen-bond acceptors (Lipinski definition) is 1. The molecule has 0 aliphatic carbocycles. The Morgan fingerprint density at radius 1 is 1.06 bits per heavy atom. The predicted molar refractivity (Wildman–Crippen MR) is 65.4 cm³/mol.